The molecule has 0 aliphatic rings. The van der Waals surface area contributed by atoms with Crippen molar-refractivity contribution in [2.75, 3.05) is 172 Å². The Morgan fingerprint density at radius 3 is 0.815 bits per heavy atom. The van der Waals surface area contributed by atoms with Crippen molar-refractivity contribution in [3.05, 3.63) is 0 Å². The van der Waals surface area contributed by atoms with Gasteiger partial charge in [-0.1, -0.05) is 0 Å². The molecule has 1 amide bonds. The van der Waals surface area contributed by atoms with Crippen LogP contribution in [0.4, 0.5) is 4.79 Å². The van der Waals surface area contributed by atoms with Crippen molar-refractivity contribution < 1.29 is 75.9 Å². The zero-order chi connectivity index (χ0) is 40.0. The second-order valence-electron chi connectivity index (χ2n) is 13.6. The highest BCUT2D eigenvalue weighted by atomic mass is 16.6. The molecule has 0 bridgehead atoms. The molecule has 0 radical (unpaired) electrons. The fraction of sp³-hybridized carbons (Fsp3) is 0.946. The third-order valence-corrected chi connectivity index (χ3v) is 6.24. The predicted octanol–water partition coefficient (Wildman–Crippen LogP) is 2.78. The molecule has 17 heteroatoms. The smallest absolute Gasteiger partial charge is 0.410 e. The Labute approximate surface area is 324 Å². The zero-order valence-electron chi connectivity index (χ0n) is 34.4. The first kappa shape index (κ1) is 52.3. The molecule has 0 saturated carbocycles. The number of hydrogen-bond donors (Lipinski definition) is 0. The van der Waals surface area contributed by atoms with Crippen LogP contribution in [0.15, 0.2) is 0 Å². The zero-order valence-corrected chi connectivity index (χ0v) is 34.4. The average Bonchev–Trinajstić information content (AvgIpc) is 3.09. The quantitative estimate of drug-likeness (QED) is 0.0659. The minimum absolute atomic E-state index is 0.227. The van der Waals surface area contributed by atoms with Crippen LogP contribution in [0.3, 0.4) is 0 Å². The molecule has 0 aromatic rings. The molecule has 0 aliphatic heterocycles. The minimum atomic E-state index is -0.515. The lowest BCUT2D eigenvalue weighted by molar-refractivity contribution is -0.156. The summed E-state index contributed by atoms with van der Waals surface area (Å²) in [5.41, 5.74) is -0.994. The van der Waals surface area contributed by atoms with Crippen LogP contribution in [-0.4, -0.2) is 200 Å². The van der Waals surface area contributed by atoms with Gasteiger partial charge in [0.05, 0.1) is 165 Å². The number of ether oxygens (including phenoxy) is 14. The SMILES string of the molecule is CN(CCOCCOCCOCCOCCOCCOCCOCCOCCOCCOCCOCCOCCC(=O)OC(C)(C)C)C(=O)OC(C)(C)C. The number of nitrogens with zero attached hydrogens (tertiary/aromatic N) is 1. The maximum Gasteiger partial charge on any atom is 0.410 e. The van der Waals surface area contributed by atoms with Crippen LogP contribution in [0.5, 0.6) is 0 Å². The summed E-state index contributed by atoms with van der Waals surface area (Å²) < 4.78 is 76.1. The lowest BCUT2D eigenvalue weighted by atomic mass is 10.2. The van der Waals surface area contributed by atoms with Crippen molar-refractivity contribution >= 4 is 12.1 Å². The number of hydrogen-bond acceptors (Lipinski definition) is 16. The van der Waals surface area contributed by atoms with E-state index in [1.54, 1.807) is 7.05 Å². The largest absolute Gasteiger partial charge is 0.460 e. The van der Waals surface area contributed by atoms with E-state index in [0.717, 1.165) is 0 Å². The monoisotopic (exact) mass is 787 g/mol. The highest BCUT2D eigenvalue weighted by Gasteiger charge is 2.19. The Balaban J connectivity index is 3.17. The van der Waals surface area contributed by atoms with E-state index in [1.807, 2.05) is 41.5 Å². The first-order valence-corrected chi connectivity index (χ1v) is 19.0. The number of amides is 1. The van der Waals surface area contributed by atoms with E-state index >= 15 is 0 Å². The molecule has 0 aromatic carbocycles. The van der Waals surface area contributed by atoms with Gasteiger partial charge in [-0.3, -0.25) is 4.79 Å². The number of esters is 1. The van der Waals surface area contributed by atoms with Gasteiger partial charge in [-0.2, -0.15) is 0 Å². The lowest BCUT2D eigenvalue weighted by Gasteiger charge is -2.24. The molecular formula is C37H73NO16. The summed E-state index contributed by atoms with van der Waals surface area (Å²) in [6.45, 7) is 22.6. The van der Waals surface area contributed by atoms with Crippen molar-refractivity contribution in [3.63, 3.8) is 0 Å². The summed E-state index contributed by atoms with van der Waals surface area (Å²) in [5.74, 6) is -0.269. The number of likely N-dealkylation sites (N-methyl/N-ethyl adjacent to an activating group) is 1. The third-order valence-electron chi connectivity index (χ3n) is 6.24. The summed E-state index contributed by atoms with van der Waals surface area (Å²) in [7, 11) is 1.68. The van der Waals surface area contributed by atoms with Gasteiger partial charge in [0.15, 0.2) is 0 Å². The van der Waals surface area contributed by atoms with Gasteiger partial charge in [0.25, 0.3) is 0 Å². The number of carbonyl (C=O) groups is 2. The van der Waals surface area contributed by atoms with E-state index in [2.05, 4.69) is 0 Å². The fourth-order valence-corrected chi connectivity index (χ4v) is 3.70. The van der Waals surface area contributed by atoms with Crippen molar-refractivity contribution in [2.45, 2.75) is 59.2 Å². The van der Waals surface area contributed by atoms with Crippen LogP contribution in [0.2, 0.25) is 0 Å². The van der Waals surface area contributed by atoms with Gasteiger partial charge >= 0.3 is 12.1 Å². The molecule has 0 aromatic heterocycles. The summed E-state index contributed by atoms with van der Waals surface area (Å²) in [5, 5.41) is 0. The van der Waals surface area contributed by atoms with Crippen molar-refractivity contribution in [1.29, 1.82) is 0 Å². The topological polar surface area (TPSA) is 167 Å². The van der Waals surface area contributed by atoms with Crippen LogP contribution >= 0.6 is 0 Å². The van der Waals surface area contributed by atoms with Gasteiger partial charge < -0.3 is 71.2 Å². The van der Waals surface area contributed by atoms with E-state index in [0.29, 0.717) is 165 Å². The Morgan fingerprint density at radius 2 is 0.574 bits per heavy atom. The summed E-state index contributed by atoms with van der Waals surface area (Å²) in [4.78, 5) is 24.9. The Kier molecular flexibility index (Phi) is 35.7. The van der Waals surface area contributed by atoms with E-state index in [1.165, 1.54) is 4.90 Å². The molecule has 0 rings (SSSR count). The second-order valence-corrected chi connectivity index (χ2v) is 13.6. The number of carbonyl (C=O) groups excluding carboxylic acids is 2. The maximum atomic E-state index is 11.9. The van der Waals surface area contributed by atoms with E-state index < -0.39 is 11.2 Å². The summed E-state index contributed by atoms with van der Waals surface area (Å²) >= 11 is 0. The van der Waals surface area contributed by atoms with Gasteiger partial charge in [-0.05, 0) is 41.5 Å². The highest BCUT2D eigenvalue weighted by Crippen LogP contribution is 2.09. The first-order chi connectivity index (χ1) is 25.9. The molecule has 0 N–H and O–H groups in total. The first-order valence-electron chi connectivity index (χ1n) is 19.0. The normalized spacial score (nSPS) is 12.0. The van der Waals surface area contributed by atoms with Crippen molar-refractivity contribution in [3.8, 4) is 0 Å². The third kappa shape index (κ3) is 43.0. The predicted molar refractivity (Wildman–Crippen MR) is 199 cm³/mol. The molecule has 0 spiro atoms. The molecule has 17 nitrogen and oxygen atoms in total. The summed E-state index contributed by atoms with van der Waals surface area (Å²) in [6, 6.07) is 0. The molecule has 0 aliphatic carbocycles. The Bertz CT molecular complexity index is 840. The molecule has 0 fully saturated rings. The maximum absolute atomic E-state index is 11.9. The molecule has 54 heavy (non-hydrogen) atoms. The van der Waals surface area contributed by atoms with Crippen molar-refractivity contribution in [1.82, 2.24) is 4.90 Å². The van der Waals surface area contributed by atoms with Gasteiger partial charge in [0.1, 0.15) is 11.2 Å². The highest BCUT2D eigenvalue weighted by molar-refractivity contribution is 5.69. The van der Waals surface area contributed by atoms with Crippen LogP contribution in [0, 0.1) is 0 Å². The molecular weight excluding hydrogens is 714 g/mol. The summed E-state index contributed by atoms with van der Waals surface area (Å²) in [6.07, 6.45) is -0.141. The minimum Gasteiger partial charge on any atom is -0.460 e. The van der Waals surface area contributed by atoms with E-state index in [9.17, 15) is 9.59 Å². The molecule has 0 heterocycles. The van der Waals surface area contributed by atoms with E-state index in [4.69, 9.17) is 66.3 Å². The fourth-order valence-electron chi connectivity index (χ4n) is 3.70. The van der Waals surface area contributed by atoms with Gasteiger partial charge in [0.2, 0.25) is 0 Å². The Morgan fingerprint density at radius 1 is 0.352 bits per heavy atom. The van der Waals surface area contributed by atoms with E-state index in [-0.39, 0.29) is 18.5 Å². The van der Waals surface area contributed by atoms with Gasteiger partial charge in [-0.25, -0.2) is 4.79 Å². The van der Waals surface area contributed by atoms with Gasteiger partial charge in [-0.15, -0.1) is 0 Å². The van der Waals surface area contributed by atoms with Crippen molar-refractivity contribution in [2.24, 2.45) is 0 Å². The molecule has 322 valence electrons. The second kappa shape index (κ2) is 36.9. The molecule has 0 atom stereocenters. The van der Waals surface area contributed by atoms with Crippen LogP contribution < -0.4 is 0 Å². The standard InChI is InChI=1S/C37H73NO16/c1-36(2,3)53-34(39)8-10-41-12-14-43-16-18-45-20-22-47-24-26-49-28-30-51-32-33-52-31-29-50-27-25-48-23-21-46-19-17-44-15-13-42-11-9-38(7)35(40)54-37(4,5)6/h8-33H2,1-7H3. The Hall–Kier alpha value is -1.74. The van der Waals surface area contributed by atoms with Crippen LogP contribution in [0.25, 0.3) is 0 Å². The molecule has 0 unspecified atom stereocenters. The van der Waals surface area contributed by atoms with Crippen LogP contribution in [-0.2, 0) is 71.1 Å². The van der Waals surface area contributed by atoms with Crippen LogP contribution in [0.1, 0.15) is 48.0 Å². The number of rotatable bonds is 39. The molecule has 0 saturated heterocycles. The van der Waals surface area contributed by atoms with Gasteiger partial charge in [0, 0.05) is 13.6 Å². The average molecular weight is 788 g/mol. The lowest BCUT2D eigenvalue weighted by Crippen LogP contribution is -2.36.